The van der Waals surface area contributed by atoms with Gasteiger partial charge in [0, 0.05) is 6.54 Å². The third-order valence-corrected chi connectivity index (χ3v) is 3.20. The topological polar surface area (TPSA) is 41.1 Å². The maximum absolute atomic E-state index is 11.8. The van der Waals surface area contributed by atoms with Crippen molar-refractivity contribution < 1.29 is 4.79 Å². The molecule has 3 nitrogen and oxygen atoms in total. The van der Waals surface area contributed by atoms with Gasteiger partial charge in [-0.1, -0.05) is 33.1 Å². The van der Waals surface area contributed by atoms with Crippen molar-refractivity contribution in [1.29, 1.82) is 0 Å². The molecule has 1 heterocycles. The van der Waals surface area contributed by atoms with E-state index in [9.17, 15) is 4.79 Å². The standard InChI is InChI=1S/C12H24N2O/c1-3-10(2)9-14-12(15)11-7-5-4-6-8-13-11/h10-11,13H,3-9H2,1-2H3,(H,14,15). The van der Waals surface area contributed by atoms with E-state index in [4.69, 9.17) is 0 Å². The lowest BCUT2D eigenvalue weighted by Crippen LogP contribution is -2.44. The van der Waals surface area contributed by atoms with Crippen LogP contribution in [0.2, 0.25) is 0 Å². The lowest BCUT2D eigenvalue weighted by molar-refractivity contribution is -0.123. The van der Waals surface area contributed by atoms with Gasteiger partial charge in [-0.05, 0) is 25.3 Å². The predicted molar refractivity (Wildman–Crippen MR) is 62.7 cm³/mol. The van der Waals surface area contributed by atoms with E-state index >= 15 is 0 Å². The van der Waals surface area contributed by atoms with Crippen LogP contribution in [0.25, 0.3) is 0 Å². The van der Waals surface area contributed by atoms with Gasteiger partial charge in [0.2, 0.25) is 5.91 Å². The minimum absolute atomic E-state index is 0.0524. The Hall–Kier alpha value is -0.570. The maximum atomic E-state index is 11.8. The van der Waals surface area contributed by atoms with E-state index in [-0.39, 0.29) is 11.9 Å². The molecular formula is C12H24N2O. The second-order valence-corrected chi connectivity index (χ2v) is 4.61. The number of rotatable bonds is 4. The van der Waals surface area contributed by atoms with Crippen molar-refractivity contribution in [2.75, 3.05) is 13.1 Å². The van der Waals surface area contributed by atoms with Crippen LogP contribution in [-0.4, -0.2) is 25.0 Å². The molecular weight excluding hydrogens is 188 g/mol. The zero-order valence-corrected chi connectivity index (χ0v) is 10.0. The molecule has 2 atom stereocenters. The summed E-state index contributed by atoms with van der Waals surface area (Å²) in [5, 5.41) is 6.34. The molecule has 2 N–H and O–H groups in total. The summed E-state index contributed by atoms with van der Waals surface area (Å²) in [5.74, 6) is 0.775. The summed E-state index contributed by atoms with van der Waals surface area (Å²) in [7, 11) is 0. The van der Waals surface area contributed by atoms with Crippen molar-refractivity contribution in [3.8, 4) is 0 Å². The fraction of sp³-hybridized carbons (Fsp3) is 0.917. The van der Waals surface area contributed by atoms with Crippen LogP contribution in [-0.2, 0) is 4.79 Å². The minimum Gasteiger partial charge on any atom is -0.354 e. The Balaban J connectivity index is 2.25. The molecule has 2 unspecified atom stereocenters. The van der Waals surface area contributed by atoms with Crippen molar-refractivity contribution in [2.24, 2.45) is 5.92 Å². The molecule has 15 heavy (non-hydrogen) atoms. The Bertz CT molecular complexity index is 186. The smallest absolute Gasteiger partial charge is 0.237 e. The fourth-order valence-corrected chi connectivity index (χ4v) is 1.79. The van der Waals surface area contributed by atoms with Crippen LogP contribution in [0.1, 0.15) is 46.0 Å². The summed E-state index contributed by atoms with van der Waals surface area (Å²) in [5.41, 5.74) is 0. The van der Waals surface area contributed by atoms with Crippen LogP contribution >= 0.6 is 0 Å². The monoisotopic (exact) mass is 212 g/mol. The summed E-state index contributed by atoms with van der Waals surface area (Å²) >= 11 is 0. The molecule has 0 spiro atoms. The van der Waals surface area contributed by atoms with E-state index in [2.05, 4.69) is 24.5 Å². The van der Waals surface area contributed by atoms with E-state index in [1.807, 2.05) is 0 Å². The highest BCUT2D eigenvalue weighted by Crippen LogP contribution is 2.08. The van der Waals surface area contributed by atoms with E-state index in [1.165, 1.54) is 19.3 Å². The molecule has 0 radical (unpaired) electrons. The number of carbonyl (C=O) groups excluding carboxylic acids is 1. The largest absolute Gasteiger partial charge is 0.354 e. The summed E-state index contributed by atoms with van der Waals surface area (Å²) in [6.07, 6.45) is 5.75. The number of hydrogen-bond donors (Lipinski definition) is 2. The molecule has 1 aliphatic heterocycles. The molecule has 0 aromatic carbocycles. The van der Waals surface area contributed by atoms with E-state index < -0.39 is 0 Å². The Labute approximate surface area is 93.0 Å². The third kappa shape index (κ3) is 4.65. The van der Waals surface area contributed by atoms with Crippen LogP contribution in [0.4, 0.5) is 0 Å². The Morgan fingerprint density at radius 2 is 2.27 bits per heavy atom. The van der Waals surface area contributed by atoms with Crippen molar-refractivity contribution in [3.63, 3.8) is 0 Å². The fourth-order valence-electron chi connectivity index (χ4n) is 1.79. The Kier molecular flexibility index (Phi) is 5.69. The molecule has 3 heteroatoms. The van der Waals surface area contributed by atoms with Crippen LogP contribution in [0.5, 0.6) is 0 Å². The van der Waals surface area contributed by atoms with Gasteiger partial charge in [-0.25, -0.2) is 0 Å². The van der Waals surface area contributed by atoms with E-state index in [1.54, 1.807) is 0 Å². The minimum atomic E-state index is 0.0524. The van der Waals surface area contributed by atoms with Crippen LogP contribution < -0.4 is 10.6 Å². The average molecular weight is 212 g/mol. The molecule has 0 aromatic rings. The number of carbonyl (C=O) groups is 1. The highest BCUT2D eigenvalue weighted by Gasteiger charge is 2.19. The van der Waals surface area contributed by atoms with Gasteiger partial charge < -0.3 is 10.6 Å². The summed E-state index contributed by atoms with van der Waals surface area (Å²) in [4.78, 5) is 11.8. The van der Waals surface area contributed by atoms with Gasteiger partial charge in [0.05, 0.1) is 6.04 Å². The average Bonchev–Trinajstić information content (AvgIpc) is 2.53. The Morgan fingerprint density at radius 3 is 3.00 bits per heavy atom. The molecule has 1 saturated heterocycles. The first-order valence-corrected chi connectivity index (χ1v) is 6.25. The second kappa shape index (κ2) is 6.83. The van der Waals surface area contributed by atoms with Crippen molar-refractivity contribution >= 4 is 5.91 Å². The van der Waals surface area contributed by atoms with E-state index in [0.717, 1.165) is 25.9 Å². The number of amides is 1. The van der Waals surface area contributed by atoms with Gasteiger partial charge in [-0.15, -0.1) is 0 Å². The second-order valence-electron chi connectivity index (χ2n) is 4.61. The van der Waals surface area contributed by atoms with Gasteiger partial charge in [-0.2, -0.15) is 0 Å². The highest BCUT2D eigenvalue weighted by atomic mass is 16.2. The van der Waals surface area contributed by atoms with Crippen molar-refractivity contribution in [3.05, 3.63) is 0 Å². The zero-order chi connectivity index (χ0) is 11.1. The molecule has 0 aromatic heterocycles. The molecule has 1 amide bonds. The first kappa shape index (κ1) is 12.5. The molecule has 0 bridgehead atoms. The maximum Gasteiger partial charge on any atom is 0.237 e. The van der Waals surface area contributed by atoms with Gasteiger partial charge >= 0.3 is 0 Å². The summed E-state index contributed by atoms with van der Waals surface area (Å²) < 4.78 is 0. The van der Waals surface area contributed by atoms with Gasteiger partial charge in [0.25, 0.3) is 0 Å². The number of nitrogens with one attached hydrogen (secondary N) is 2. The molecule has 1 fully saturated rings. The molecule has 1 rings (SSSR count). The van der Waals surface area contributed by atoms with Gasteiger partial charge in [0.15, 0.2) is 0 Å². The van der Waals surface area contributed by atoms with Crippen LogP contribution in [0.3, 0.4) is 0 Å². The normalized spacial score (nSPS) is 24.3. The van der Waals surface area contributed by atoms with Crippen LogP contribution in [0.15, 0.2) is 0 Å². The third-order valence-electron chi connectivity index (χ3n) is 3.20. The summed E-state index contributed by atoms with van der Waals surface area (Å²) in [6.45, 7) is 6.12. The van der Waals surface area contributed by atoms with E-state index in [0.29, 0.717) is 5.92 Å². The SMILES string of the molecule is CCC(C)CNC(=O)C1CCCCCN1. The molecule has 0 aliphatic carbocycles. The van der Waals surface area contributed by atoms with Gasteiger partial charge in [0.1, 0.15) is 0 Å². The van der Waals surface area contributed by atoms with Crippen LogP contribution in [0, 0.1) is 5.92 Å². The molecule has 1 aliphatic rings. The van der Waals surface area contributed by atoms with Crippen molar-refractivity contribution in [1.82, 2.24) is 10.6 Å². The Morgan fingerprint density at radius 1 is 1.47 bits per heavy atom. The zero-order valence-electron chi connectivity index (χ0n) is 10.0. The number of hydrogen-bond acceptors (Lipinski definition) is 2. The first-order chi connectivity index (χ1) is 7.24. The lowest BCUT2D eigenvalue weighted by atomic mass is 10.1. The quantitative estimate of drug-likeness (QED) is 0.744. The van der Waals surface area contributed by atoms with Crippen molar-refractivity contribution in [2.45, 2.75) is 52.0 Å². The first-order valence-electron chi connectivity index (χ1n) is 6.25. The lowest BCUT2D eigenvalue weighted by Gasteiger charge is -2.17. The molecule has 0 saturated carbocycles. The summed E-state index contributed by atoms with van der Waals surface area (Å²) in [6, 6.07) is 0.0524. The highest BCUT2D eigenvalue weighted by molar-refractivity contribution is 5.81. The predicted octanol–water partition coefficient (Wildman–Crippen LogP) is 1.68. The molecule has 88 valence electrons. The van der Waals surface area contributed by atoms with Gasteiger partial charge in [-0.3, -0.25) is 4.79 Å².